The normalized spacial score (nSPS) is 9.71. The van der Waals surface area contributed by atoms with E-state index in [1.54, 1.807) is 0 Å². The molecule has 2 nitrogen and oxygen atoms in total. The van der Waals surface area contributed by atoms with Gasteiger partial charge in [-0.15, -0.1) is 0 Å². The van der Waals surface area contributed by atoms with Crippen molar-refractivity contribution in [2.24, 2.45) is 5.73 Å². The van der Waals surface area contributed by atoms with Crippen molar-refractivity contribution in [3.63, 3.8) is 0 Å². The van der Waals surface area contributed by atoms with Crippen LogP contribution in [0, 0.1) is 23.7 Å². The molecule has 0 aromatic carbocycles. The summed E-state index contributed by atoms with van der Waals surface area (Å²) in [6, 6.07) is 0. The predicted octanol–water partition coefficient (Wildman–Crippen LogP) is 5.74. The van der Waals surface area contributed by atoms with Gasteiger partial charge >= 0.3 is 0 Å². The van der Waals surface area contributed by atoms with E-state index in [2.05, 4.69) is 30.6 Å². The zero-order valence-corrected chi connectivity index (χ0v) is 15.8. The number of unbranched alkanes of at least 4 members (excludes halogenated alkanes) is 13. The van der Waals surface area contributed by atoms with E-state index >= 15 is 0 Å². The van der Waals surface area contributed by atoms with Gasteiger partial charge in [0.1, 0.15) is 0 Å². The smallest absolute Gasteiger partial charge is 0.217 e. The number of carbonyl (C=O) groups is 1. The lowest BCUT2D eigenvalue weighted by Crippen LogP contribution is -2.09. The Morgan fingerprint density at radius 2 is 1.08 bits per heavy atom. The first-order chi connectivity index (χ1) is 11.8. The maximum atomic E-state index is 10.6. The van der Waals surface area contributed by atoms with Crippen LogP contribution in [0.25, 0.3) is 0 Å². The van der Waals surface area contributed by atoms with Gasteiger partial charge in [-0.1, -0.05) is 83.0 Å². The van der Waals surface area contributed by atoms with E-state index in [0.717, 1.165) is 32.1 Å². The molecule has 0 spiro atoms. The van der Waals surface area contributed by atoms with E-state index in [1.165, 1.54) is 64.2 Å². The van der Waals surface area contributed by atoms with Gasteiger partial charge in [-0.05, 0) is 31.1 Å². The zero-order chi connectivity index (χ0) is 17.7. The fourth-order valence-corrected chi connectivity index (χ4v) is 2.60. The molecule has 0 heterocycles. The van der Waals surface area contributed by atoms with Crippen molar-refractivity contribution in [3.8, 4) is 23.7 Å². The van der Waals surface area contributed by atoms with Crippen molar-refractivity contribution in [3.05, 3.63) is 0 Å². The van der Waals surface area contributed by atoms with Crippen LogP contribution in [0.1, 0.15) is 110 Å². The van der Waals surface area contributed by atoms with Crippen LogP contribution >= 0.6 is 0 Å². The number of hydrogen-bond acceptors (Lipinski definition) is 1. The van der Waals surface area contributed by atoms with Crippen molar-refractivity contribution < 1.29 is 4.79 Å². The molecule has 0 unspecified atom stereocenters. The second-order valence-electron chi connectivity index (χ2n) is 6.56. The molecule has 0 aliphatic rings. The van der Waals surface area contributed by atoms with Crippen molar-refractivity contribution in [2.45, 2.75) is 110 Å². The molecule has 0 aliphatic heterocycles. The molecule has 0 radical (unpaired) electrons. The fraction of sp³-hybridized carbons (Fsp3) is 0.773. The van der Waals surface area contributed by atoms with Crippen LogP contribution in [0.2, 0.25) is 0 Å². The first kappa shape index (κ1) is 22.6. The van der Waals surface area contributed by atoms with E-state index in [9.17, 15) is 4.79 Å². The minimum absolute atomic E-state index is 0.182. The Bertz CT molecular complexity index is 405. The van der Waals surface area contributed by atoms with E-state index in [1.807, 2.05) is 0 Å². The van der Waals surface area contributed by atoms with Crippen LogP contribution in [0.3, 0.4) is 0 Å². The number of amides is 1. The predicted molar refractivity (Wildman–Crippen MR) is 104 cm³/mol. The molecule has 0 aromatic heterocycles. The minimum atomic E-state index is -0.182. The molecule has 0 aliphatic carbocycles. The fourth-order valence-electron chi connectivity index (χ4n) is 2.60. The van der Waals surface area contributed by atoms with Crippen LogP contribution in [-0.4, -0.2) is 5.91 Å². The molecule has 0 saturated heterocycles. The van der Waals surface area contributed by atoms with E-state index in [0.29, 0.717) is 6.42 Å². The summed E-state index contributed by atoms with van der Waals surface area (Å²) in [5.74, 6) is 12.1. The van der Waals surface area contributed by atoms with Crippen molar-refractivity contribution >= 4 is 5.91 Å². The van der Waals surface area contributed by atoms with Gasteiger partial charge in [-0.3, -0.25) is 4.79 Å². The molecule has 0 rings (SSSR count). The lowest BCUT2D eigenvalue weighted by Gasteiger charge is -1.98. The number of hydrogen-bond donors (Lipinski definition) is 1. The Morgan fingerprint density at radius 3 is 1.54 bits per heavy atom. The van der Waals surface area contributed by atoms with Gasteiger partial charge in [-0.25, -0.2) is 0 Å². The van der Waals surface area contributed by atoms with Crippen LogP contribution in [0.5, 0.6) is 0 Å². The largest absolute Gasteiger partial charge is 0.370 e. The molecule has 24 heavy (non-hydrogen) atoms. The van der Waals surface area contributed by atoms with E-state index in [4.69, 9.17) is 5.73 Å². The maximum Gasteiger partial charge on any atom is 0.217 e. The van der Waals surface area contributed by atoms with Gasteiger partial charge in [0.05, 0.1) is 0 Å². The highest BCUT2D eigenvalue weighted by atomic mass is 16.1. The topological polar surface area (TPSA) is 43.1 Å². The standard InChI is InChI=1S/C22H37NO/c1-2-3-4-5-6-7-8-9-10-11-12-13-14-15-16-17-18-19-20-21-22(23)24/h2-9,14-21H2,1H3,(H2,23,24). The summed E-state index contributed by atoms with van der Waals surface area (Å²) in [6.45, 7) is 2.26. The molecule has 0 atom stereocenters. The van der Waals surface area contributed by atoms with Crippen LogP contribution < -0.4 is 5.73 Å². The van der Waals surface area contributed by atoms with Gasteiger partial charge in [0.15, 0.2) is 0 Å². The average molecular weight is 332 g/mol. The quantitative estimate of drug-likeness (QED) is 0.302. The van der Waals surface area contributed by atoms with Gasteiger partial charge < -0.3 is 5.73 Å². The highest BCUT2D eigenvalue weighted by Gasteiger charge is 1.94. The highest BCUT2D eigenvalue weighted by molar-refractivity contribution is 5.73. The zero-order valence-electron chi connectivity index (χ0n) is 15.8. The number of rotatable bonds is 15. The van der Waals surface area contributed by atoms with E-state index in [-0.39, 0.29) is 5.91 Å². The van der Waals surface area contributed by atoms with Crippen LogP contribution in [0.15, 0.2) is 0 Å². The third-order valence-electron chi connectivity index (χ3n) is 4.12. The third-order valence-corrected chi connectivity index (χ3v) is 4.12. The van der Waals surface area contributed by atoms with Crippen molar-refractivity contribution in [2.75, 3.05) is 0 Å². The van der Waals surface area contributed by atoms with Gasteiger partial charge in [0, 0.05) is 19.3 Å². The third kappa shape index (κ3) is 20.6. The van der Waals surface area contributed by atoms with Crippen molar-refractivity contribution in [1.82, 2.24) is 0 Å². The Hall–Kier alpha value is -1.41. The molecule has 136 valence electrons. The number of carbonyl (C=O) groups excluding carboxylic acids is 1. The van der Waals surface area contributed by atoms with Gasteiger partial charge in [0.25, 0.3) is 0 Å². The van der Waals surface area contributed by atoms with Crippen molar-refractivity contribution in [1.29, 1.82) is 0 Å². The molecule has 2 N–H and O–H groups in total. The lowest BCUT2D eigenvalue weighted by atomic mass is 10.1. The van der Waals surface area contributed by atoms with Crippen LogP contribution in [0.4, 0.5) is 0 Å². The summed E-state index contributed by atoms with van der Waals surface area (Å²) < 4.78 is 0. The molecule has 2 heteroatoms. The van der Waals surface area contributed by atoms with Crippen LogP contribution in [-0.2, 0) is 4.79 Å². The Balaban J connectivity index is 3.26. The maximum absolute atomic E-state index is 10.6. The first-order valence-electron chi connectivity index (χ1n) is 10.0. The summed E-state index contributed by atoms with van der Waals surface area (Å²) >= 11 is 0. The summed E-state index contributed by atoms with van der Waals surface area (Å²) in [5.41, 5.74) is 5.10. The summed E-state index contributed by atoms with van der Waals surface area (Å²) in [7, 11) is 0. The molecule has 0 aromatic rings. The Labute approximate surface area is 150 Å². The monoisotopic (exact) mass is 331 g/mol. The molecule has 0 saturated carbocycles. The molecular formula is C22H37NO. The Morgan fingerprint density at radius 1 is 0.667 bits per heavy atom. The lowest BCUT2D eigenvalue weighted by molar-refractivity contribution is -0.118. The second-order valence-corrected chi connectivity index (χ2v) is 6.56. The SMILES string of the molecule is CCCCCCCCCC#CC#CCCCCCCCCC(N)=O. The number of primary amides is 1. The van der Waals surface area contributed by atoms with Gasteiger partial charge in [-0.2, -0.15) is 0 Å². The Kier molecular flexibility index (Phi) is 18.5. The minimum Gasteiger partial charge on any atom is -0.370 e. The highest BCUT2D eigenvalue weighted by Crippen LogP contribution is 2.08. The summed E-state index contributed by atoms with van der Waals surface area (Å²) in [6.07, 6.45) is 18.7. The van der Waals surface area contributed by atoms with E-state index < -0.39 is 0 Å². The molecular weight excluding hydrogens is 294 g/mol. The number of nitrogens with two attached hydrogens (primary N) is 1. The first-order valence-corrected chi connectivity index (χ1v) is 10.0. The molecule has 0 fully saturated rings. The average Bonchev–Trinajstić information content (AvgIpc) is 2.56. The van der Waals surface area contributed by atoms with Gasteiger partial charge in [0.2, 0.25) is 5.91 Å². The molecule has 0 bridgehead atoms. The summed E-state index contributed by atoms with van der Waals surface area (Å²) in [4.78, 5) is 10.6. The molecule has 1 amide bonds. The summed E-state index contributed by atoms with van der Waals surface area (Å²) in [5, 5.41) is 0. The second kappa shape index (κ2) is 19.6.